The van der Waals surface area contributed by atoms with E-state index >= 15 is 0 Å². The van der Waals surface area contributed by atoms with Crippen LogP contribution in [0.25, 0.3) is 0 Å². The van der Waals surface area contributed by atoms with Gasteiger partial charge in [0, 0.05) is 6.54 Å². The third-order valence-electron chi connectivity index (χ3n) is 1.88. The lowest BCUT2D eigenvalue weighted by molar-refractivity contribution is 0.474. The van der Waals surface area contributed by atoms with Crippen LogP contribution in [0, 0.1) is 6.92 Å². The molecule has 3 heteroatoms. The first kappa shape index (κ1) is 10.6. The second kappa shape index (κ2) is 4.65. The van der Waals surface area contributed by atoms with Crippen LogP contribution in [0.15, 0.2) is 23.2 Å². The maximum Gasteiger partial charge on any atom is 0.116 e. The van der Waals surface area contributed by atoms with Crippen molar-refractivity contribution in [1.82, 2.24) is 0 Å². The summed E-state index contributed by atoms with van der Waals surface area (Å²) in [6, 6.07) is 5.54. The van der Waals surface area contributed by atoms with E-state index in [1.165, 1.54) is 0 Å². The van der Waals surface area contributed by atoms with E-state index in [1.54, 1.807) is 19.1 Å². The van der Waals surface area contributed by atoms with Gasteiger partial charge in [-0.1, -0.05) is 6.07 Å². The van der Waals surface area contributed by atoms with Crippen LogP contribution >= 0.6 is 0 Å². The molecule has 3 nitrogen and oxygen atoms in total. The van der Waals surface area contributed by atoms with Crippen LogP contribution in [-0.2, 0) is 6.42 Å². The van der Waals surface area contributed by atoms with Crippen LogP contribution in [0.5, 0.6) is 5.75 Å². The predicted molar refractivity (Wildman–Crippen MR) is 58.7 cm³/mol. The zero-order chi connectivity index (χ0) is 10.6. The van der Waals surface area contributed by atoms with Gasteiger partial charge >= 0.3 is 0 Å². The molecule has 0 heterocycles. The van der Waals surface area contributed by atoms with Crippen LogP contribution in [0.1, 0.15) is 18.1 Å². The van der Waals surface area contributed by atoms with E-state index in [4.69, 9.17) is 5.73 Å². The lowest BCUT2D eigenvalue weighted by Gasteiger charge is -2.02. The quantitative estimate of drug-likeness (QED) is 0.564. The molecule has 1 rings (SSSR count). The molecule has 3 N–H and O–H groups in total. The Morgan fingerprint density at radius 1 is 1.43 bits per heavy atom. The lowest BCUT2D eigenvalue weighted by atomic mass is 10.1. The van der Waals surface area contributed by atoms with Crippen molar-refractivity contribution in [3.8, 4) is 5.75 Å². The predicted octanol–water partition coefficient (Wildman–Crippen LogP) is 1.62. The van der Waals surface area contributed by atoms with Crippen LogP contribution in [0.2, 0.25) is 0 Å². The van der Waals surface area contributed by atoms with Gasteiger partial charge in [-0.05, 0) is 43.5 Å². The summed E-state index contributed by atoms with van der Waals surface area (Å²) in [7, 11) is 0. The Labute approximate surface area is 84.3 Å². The minimum atomic E-state index is 0.313. The van der Waals surface area contributed by atoms with E-state index in [9.17, 15) is 5.11 Å². The van der Waals surface area contributed by atoms with Crippen molar-refractivity contribution >= 4 is 5.84 Å². The highest BCUT2D eigenvalue weighted by atomic mass is 16.3. The molecule has 0 bridgehead atoms. The van der Waals surface area contributed by atoms with Crippen molar-refractivity contribution in [3.63, 3.8) is 0 Å². The number of phenols is 1. The first-order chi connectivity index (χ1) is 6.58. The molecule has 0 saturated heterocycles. The molecule has 0 atom stereocenters. The van der Waals surface area contributed by atoms with Crippen molar-refractivity contribution in [2.45, 2.75) is 20.3 Å². The molecule has 1 aromatic rings. The second-order valence-corrected chi connectivity index (χ2v) is 3.45. The SMILES string of the molecule is CC(N)=NCCc1cc(C)cc(O)c1. The number of hydrogen-bond acceptors (Lipinski definition) is 2. The number of nitrogens with two attached hydrogens (primary N) is 1. The molecule has 0 aliphatic heterocycles. The van der Waals surface area contributed by atoms with Crippen LogP contribution in [-0.4, -0.2) is 17.5 Å². The van der Waals surface area contributed by atoms with Crippen molar-refractivity contribution in [2.75, 3.05) is 6.54 Å². The molecule has 0 spiro atoms. The second-order valence-electron chi connectivity index (χ2n) is 3.45. The Morgan fingerprint density at radius 2 is 2.14 bits per heavy atom. The van der Waals surface area contributed by atoms with E-state index < -0.39 is 0 Å². The van der Waals surface area contributed by atoms with E-state index in [1.807, 2.05) is 13.0 Å². The molecule has 0 saturated carbocycles. The standard InChI is InChI=1S/C11H16N2O/c1-8-5-10(7-11(14)6-8)3-4-13-9(2)12/h5-7,14H,3-4H2,1-2H3,(H2,12,13). The van der Waals surface area contributed by atoms with Crippen molar-refractivity contribution in [1.29, 1.82) is 0 Å². The molecule has 14 heavy (non-hydrogen) atoms. The number of aromatic hydroxyl groups is 1. The van der Waals surface area contributed by atoms with Gasteiger partial charge in [-0.15, -0.1) is 0 Å². The third kappa shape index (κ3) is 3.47. The third-order valence-corrected chi connectivity index (χ3v) is 1.88. The minimum Gasteiger partial charge on any atom is -0.508 e. The summed E-state index contributed by atoms with van der Waals surface area (Å²) in [5.41, 5.74) is 7.57. The number of rotatable bonds is 3. The van der Waals surface area contributed by atoms with Gasteiger partial charge in [0.25, 0.3) is 0 Å². The molecular weight excluding hydrogens is 176 g/mol. The first-order valence-corrected chi connectivity index (χ1v) is 4.64. The molecule has 0 radical (unpaired) electrons. The fourth-order valence-corrected chi connectivity index (χ4v) is 1.35. The number of benzene rings is 1. The van der Waals surface area contributed by atoms with E-state index in [0.29, 0.717) is 18.1 Å². The topological polar surface area (TPSA) is 58.6 Å². The number of amidine groups is 1. The molecular formula is C11H16N2O. The number of phenolic OH excluding ortho intramolecular Hbond substituents is 1. The molecule has 1 aromatic carbocycles. The van der Waals surface area contributed by atoms with Gasteiger partial charge in [-0.3, -0.25) is 4.99 Å². The zero-order valence-corrected chi connectivity index (χ0v) is 8.62. The highest BCUT2D eigenvalue weighted by Crippen LogP contribution is 2.15. The van der Waals surface area contributed by atoms with Crippen molar-refractivity contribution in [3.05, 3.63) is 29.3 Å². The van der Waals surface area contributed by atoms with Crippen molar-refractivity contribution in [2.24, 2.45) is 10.7 Å². The number of aryl methyl sites for hydroxylation is 1. The highest BCUT2D eigenvalue weighted by molar-refractivity contribution is 5.77. The maximum absolute atomic E-state index is 9.34. The smallest absolute Gasteiger partial charge is 0.116 e. The Balaban J connectivity index is 2.63. The van der Waals surface area contributed by atoms with Gasteiger partial charge in [0.1, 0.15) is 5.75 Å². The Hall–Kier alpha value is -1.51. The van der Waals surface area contributed by atoms with Gasteiger partial charge in [0.2, 0.25) is 0 Å². The molecule has 0 fully saturated rings. The minimum absolute atomic E-state index is 0.313. The summed E-state index contributed by atoms with van der Waals surface area (Å²) in [5.74, 6) is 0.912. The highest BCUT2D eigenvalue weighted by Gasteiger charge is 1.96. The summed E-state index contributed by atoms with van der Waals surface area (Å²) in [5, 5.41) is 9.34. The number of nitrogens with zero attached hydrogens (tertiary/aromatic N) is 1. The molecule has 0 aromatic heterocycles. The fraction of sp³-hybridized carbons (Fsp3) is 0.364. The van der Waals surface area contributed by atoms with Gasteiger partial charge < -0.3 is 10.8 Å². The first-order valence-electron chi connectivity index (χ1n) is 4.64. The molecule has 0 aliphatic rings. The Kier molecular flexibility index (Phi) is 3.51. The van der Waals surface area contributed by atoms with E-state index in [0.717, 1.165) is 17.5 Å². The molecule has 76 valence electrons. The summed E-state index contributed by atoms with van der Waals surface area (Å²) >= 11 is 0. The maximum atomic E-state index is 9.34. The average molecular weight is 192 g/mol. The Morgan fingerprint density at radius 3 is 2.71 bits per heavy atom. The van der Waals surface area contributed by atoms with Gasteiger partial charge in [0.15, 0.2) is 0 Å². The monoisotopic (exact) mass is 192 g/mol. The van der Waals surface area contributed by atoms with Gasteiger partial charge in [0.05, 0.1) is 5.84 Å². The average Bonchev–Trinajstić information content (AvgIpc) is 2.01. The fourth-order valence-electron chi connectivity index (χ4n) is 1.35. The summed E-state index contributed by atoms with van der Waals surface area (Å²) in [4.78, 5) is 4.09. The molecule has 0 unspecified atom stereocenters. The lowest BCUT2D eigenvalue weighted by Crippen LogP contribution is -2.06. The number of hydrogen-bond donors (Lipinski definition) is 2. The zero-order valence-electron chi connectivity index (χ0n) is 8.62. The largest absolute Gasteiger partial charge is 0.508 e. The Bertz CT molecular complexity index is 321. The number of aliphatic imine (C=N–C) groups is 1. The van der Waals surface area contributed by atoms with Crippen LogP contribution in [0.4, 0.5) is 0 Å². The van der Waals surface area contributed by atoms with Gasteiger partial charge in [-0.25, -0.2) is 0 Å². The van der Waals surface area contributed by atoms with E-state index in [2.05, 4.69) is 4.99 Å². The summed E-state index contributed by atoms with van der Waals surface area (Å²) in [6.45, 7) is 4.40. The van der Waals surface area contributed by atoms with Crippen LogP contribution < -0.4 is 5.73 Å². The van der Waals surface area contributed by atoms with Crippen LogP contribution in [0.3, 0.4) is 0 Å². The molecule has 0 amide bonds. The normalized spacial score (nSPS) is 11.7. The summed E-state index contributed by atoms with van der Waals surface area (Å²) in [6.07, 6.45) is 0.809. The van der Waals surface area contributed by atoms with E-state index in [-0.39, 0.29) is 0 Å². The van der Waals surface area contributed by atoms with Gasteiger partial charge in [-0.2, -0.15) is 0 Å². The van der Waals surface area contributed by atoms with Crippen molar-refractivity contribution < 1.29 is 5.11 Å². The molecule has 0 aliphatic carbocycles. The summed E-state index contributed by atoms with van der Waals surface area (Å²) < 4.78 is 0.